The molecule has 0 radical (unpaired) electrons. The van der Waals surface area contributed by atoms with Crippen molar-refractivity contribution >= 4 is 33.6 Å². The van der Waals surface area contributed by atoms with Crippen molar-refractivity contribution in [3.05, 3.63) is 54.2 Å². The average Bonchev–Trinajstić information content (AvgIpc) is 3.10. The molecular weight excluding hydrogens is 391 g/mol. The number of carbonyl (C=O) groups is 1. The molecule has 1 aliphatic rings. The fourth-order valence-corrected chi connectivity index (χ4v) is 4.27. The third-order valence-corrected chi connectivity index (χ3v) is 5.74. The van der Waals surface area contributed by atoms with E-state index in [9.17, 15) is 9.18 Å². The van der Waals surface area contributed by atoms with Gasteiger partial charge in [-0.1, -0.05) is 23.5 Å². The van der Waals surface area contributed by atoms with E-state index in [-0.39, 0.29) is 16.7 Å². The lowest BCUT2D eigenvalue weighted by Gasteiger charge is -2.33. The van der Waals surface area contributed by atoms with Gasteiger partial charge in [0.05, 0.1) is 17.6 Å². The number of nitrogens with zero attached hydrogens (tertiary/aromatic N) is 3. The monoisotopic (exact) mass is 412 g/mol. The van der Waals surface area contributed by atoms with Gasteiger partial charge < -0.3 is 21.7 Å². The molecule has 0 bridgehead atoms. The number of nitrogens with two attached hydrogens (primary N) is 2. The molecule has 29 heavy (non-hydrogen) atoms. The number of anilines is 3. The maximum absolute atomic E-state index is 14.1. The van der Waals surface area contributed by atoms with Gasteiger partial charge in [-0.3, -0.25) is 9.78 Å². The molecule has 1 saturated heterocycles. The zero-order valence-corrected chi connectivity index (χ0v) is 16.5. The quantitative estimate of drug-likeness (QED) is 0.607. The summed E-state index contributed by atoms with van der Waals surface area (Å²) in [5, 5.41) is 3.43. The first kappa shape index (κ1) is 19.3. The number of nitrogens with one attached hydrogen (secondary N) is 1. The SMILES string of the molecule is Nc1sc(-c2ccccc2F)nc1C(=O)Nc1cnccc1N1CCCC(N)C1. The molecular formula is C20H21FN6OS. The van der Waals surface area contributed by atoms with Gasteiger partial charge >= 0.3 is 0 Å². The molecule has 3 aromatic rings. The second kappa shape index (κ2) is 8.14. The van der Waals surface area contributed by atoms with Crippen LogP contribution >= 0.6 is 11.3 Å². The van der Waals surface area contributed by atoms with E-state index in [1.165, 1.54) is 6.07 Å². The fraction of sp³-hybridized carbons (Fsp3) is 0.250. The number of amides is 1. The molecule has 0 aliphatic carbocycles. The number of carbonyl (C=O) groups excluding carboxylic acids is 1. The lowest BCUT2D eigenvalue weighted by molar-refractivity contribution is 0.102. The van der Waals surface area contributed by atoms with Crippen LogP contribution in [-0.4, -0.2) is 35.0 Å². The summed E-state index contributed by atoms with van der Waals surface area (Å²) < 4.78 is 14.1. The third kappa shape index (κ3) is 4.06. The summed E-state index contributed by atoms with van der Waals surface area (Å²) in [6.07, 6.45) is 5.24. The minimum atomic E-state index is -0.461. The van der Waals surface area contributed by atoms with Crippen LogP contribution in [0.5, 0.6) is 0 Å². The van der Waals surface area contributed by atoms with Gasteiger partial charge in [0.25, 0.3) is 5.91 Å². The second-order valence-electron chi connectivity index (χ2n) is 6.91. The summed E-state index contributed by atoms with van der Waals surface area (Å²) in [6.45, 7) is 1.57. The molecule has 7 nitrogen and oxygen atoms in total. The van der Waals surface area contributed by atoms with Crippen molar-refractivity contribution in [3.8, 4) is 10.6 Å². The molecule has 1 atom stereocenters. The Bertz CT molecular complexity index is 1040. The highest BCUT2D eigenvalue weighted by molar-refractivity contribution is 7.19. The molecule has 0 spiro atoms. The van der Waals surface area contributed by atoms with Crippen LogP contribution in [0.2, 0.25) is 0 Å². The molecule has 5 N–H and O–H groups in total. The van der Waals surface area contributed by atoms with Gasteiger partial charge in [-0.15, -0.1) is 0 Å². The van der Waals surface area contributed by atoms with Gasteiger partial charge in [0.1, 0.15) is 15.8 Å². The van der Waals surface area contributed by atoms with Crippen LogP contribution in [0, 0.1) is 5.82 Å². The summed E-state index contributed by atoms with van der Waals surface area (Å²) in [5.41, 5.74) is 13.9. The van der Waals surface area contributed by atoms with Gasteiger partial charge in [0.2, 0.25) is 0 Å². The number of aromatic nitrogens is 2. The zero-order chi connectivity index (χ0) is 20.4. The largest absolute Gasteiger partial charge is 0.389 e. The van der Waals surface area contributed by atoms with Crippen molar-refractivity contribution in [1.82, 2.24) is 9.97 Å². The Balaban J connectivity index is 1.59. The first-order chi connectivity index (χ1) is 14.0. The fourth-order valence-electron chi connectivity index (χ4n) is 3.41. The summed E-state index contributed by atoms with van der Waals surface area (Å²) >= 11 is 1.08. The number of benzene rings is 1. The molecule has 1 fully saturated rings. The van der Waals surface area contributed by atoms with E-state index in [0.29, 0.717) is 22.8 Å². The molecule has 2 aromatic heterocycles. The van der Waals surface area contributed by atoms with Crippen LogP contribution in [0.15, 0.2) is 42.7 Å². The Kier molecular flexibility index (Phi) is 5.41. The highest BCUT2D eigenvalue weighted by atomic mass is 32.1. The van der Waals surface area contributed by atoms with Gasteiger partial charge in [0.15, 0.2) is 5.69 Å². The van der Waals surface area contributed by atoms with E-state index < -0.39 is 11.7 Å². The average molecular weight is 412 g/mol. The van der Waals surface area contributed by atoms with Crippen molar-refractivity contribution in [2.75, 3.05) is 29.0 Å². The molecule has 1 amide bonds. The Morgan fingerprint density at radius 1 is 1.31 bits per heavy atom. The molecule has 0 saturated carbocycles. The van der Waals surface area contributed by atoms with E-state index in [0.717, 1.165) is 36.4 Å². The summed E-state index contributed by atoms with van der Waals surface area (Å²) in [4.78, 5) is 23.4. The minimum Gasteiger partial charge on any atom is -0.389 e. The molecule has 3 heterocycles. The van der Waals surface area contributed by atoms with Gasteiger partial charge in [-0.2, -0.15) is 0 Å². The van der Waals surface area contributed by atoms with E-state index in [1.807, 2.05) is 6.07 Å². The van der Waals surface area contributed by atoms with Gasteiger partial charge in [-0.25, -0.2) is 9.37 Å². The molecule has 1 aliphatic heterocycles. The van der Waals surface area contributed by atoms with E-state index >= 15 is 0 Å². The van der Waals surface area contributed by atoms with Crippen LogP contribution < -0.4 is 21.7 Å². The van der Waals surface area contributed by atoms with E-state index in [2.05, 4.69) is 20.2 Å². The Labute approximate surface area is 171 Å². The summed E-state index contributed by atoms with van der Waals surface area (Å²) in [6, 6.07) is 8.20. The number of thiazole rings is 1. The Morgan fingerprint density at radius 3 is 2.93 bits per heavy atom. The number of hydrogen-bond donors (Lipinski definition) is 3. The minimum absolute atomic E-state index is 0.0680. The first-order valence-electron chi connectivity index (χ1n) is 9.30. The van der Waals surface area contributed by atoms with Crippen LogP contribution in [0.3, 0.4) is 0 Å². The number of hydrogen-bond acceptors (Lipinski definition) is 7. The third-order valence-electron chi connectivity index (χ3n) is 4.82. The van der Waals surface area contributed by atoms with E-state index in [1.54, 1.807) is 30.6 Å². The Morgan fingerprint density at radius 2 is 2.14 bits per heavy atom. The molecule has 1 aromatic carbocycles. The lowest BCUT2D eigenvalue weighted by Crippen LogP contribution is -2.43. The Hall–Kier alpha value is -3.04. The van der Waals surface area contributed by atoms with Crippen molar-refractivity contribution in [1.29, 1.82) is 0 Å². The smallest absolute Gasteiger partial charge is 0.277 e. The summed E-state index contributed by atoms with van der Waals surface area (Å²) in [7, 11) is 0. The van der Waals surface area contributed by atoms with Gasteiger partial charge in [-0.05, 0) is 31.0 Å². The van der Waals surface area contributed by atoms with Crippen LogP contribution in [0.25, 0.3) is 10.6 Å². The van der Waals surface area contributed by atoms with Crippen LogP contribution in [0.1, 0.15) is 23.3 Å². The van der Waals surface area contributed by atoms with Crippen LogP contribution in [-0.2, 0) is 0 Å². The molecule has 4 rings (SSSR count). The number of rotatable bonds is 4. The molecule has 9 heteroatoms. The maximum atomic E-state index is 14.1. The highest BCUT2D eigenvalue weighted by Gasteiger charge is 2.23. The predicted molar refractivity (Wildman–Crippen MR) is 114 cm³/mol. The van der Waals surface area contributed by atoms with Crippen molar-refractivity contribution < 1.29 is 9.18 Å². The molecule has 150 valence electrons. The maximum Gasteiger partial charge on any atom is 0.277 e. The van der Waals surface area contributed by atoms with Crippen molar-refractivity contribution in [3.63, 3.8) is 0 Å². The first-order valence-corrected chi connectivity index (χ1v) is 10.1. The number of nitrogen functional groups attached to an aromatic ring is 1. The lowest BCUT2D eigenvalue weighted by atomic mass is 10.1. The number of pyridine rings is 1. The zero-order valence-electron chi connectivity index (χ0n) is 15.6. The normalized spacial score (nSPS) is 16.6. The van der Waals surface area contributed by atoms with Crippen molar-refractivity contribution in [2.24, 2.45) is 5.73 Å². The van der Waals surface area contributed by atoms with Crippen LogP contribution in [0.4, 0.5) is 20.8 Å². The topological polar surface area (TPSA) is 110 Å². The number of halogens is 1. The molecule has 1 unspecified atom stereocenters. The van der Waals surface area contributed by atoms with E-state index in [4.69, 9.17) is 11.5 Å². The number of piperidine rings is 1. The highest BCUT2D eigenvalue weighted by Crippen LogP contribution is 2.33. The predicted octanol–water partition coefficient (Wildman–Crippen LogP) is 3.11. The summed E-state index contributed by atoms with van der Waals surface area (Å²) in [5.74, 6) is -0.874. The van der Waals surface area contributed by atoms with Gasteiger partial charge in [0, 0.05) is 30.9 Å². The van der Waals surface area contributed by atoms with Crippen molar-refractivity contribution in [2.45, 2.75) is 18.9 Å². The standard InChI is InChI=1S/C20H21FN6OS/c21-14-6-2-1-5-13(14)20-26-17(18(23)29-20)19(28)25-15-10-24-8-7-16(15)27-9-3-4-12(22)11-27/h1-2,5-8,10,12H,3-4,9,11,22-23H2,(H,25,28). The second-order valence-corrected chi connectivity index (χ2v) is 7.94.